The summed E-state index contributed by atoms with van der Waals surface area (Å²) in [5.74, 6) is 7.65. The largest absolute Gasteiger partial charge is 0.376 e. The van der Waals surface area contributed by atoms with Crippen LogP contribution in [0.25, 0.3) is 0 Å². The lowest BCUT2D eigenvalue weighted by molar-refractivity contribution is -0.119. The number of rotatable bonds is 6. The Hall–Kier alpha value is -1.28. The van der Waals surface area contributed by atoms with E-state index >= 15 is 0 Å². The van der Waals surface area contributed by atoms with Gasteiger partial charge in [-0.15, -0.1) is 10.2 Å². The normalized spacial score (nSPS) is 22.3. The summed E-state index contributed by atoms with van der Waals surface area (Å²) in [4.78, 5) is 11.9. The maximum atomic E-state index is 11.9. The number of nitrogen functional groups attached to an aromatic ring is 1. The van der Waals surface area contributed by atoms with Crippen molar-refractivity contribution in [2.24, 2.45) is 0 Å². The van der Waals surface area contributed by atoms with E-state index in [0.29, 0.717) is 23.4 Å². The topological polar surface area (TPSA) is 95.1 Å². The van der Waals surface area contributed by atoms with Gasteiger partial charge in [-0.05, 0) is 25.7 Å². The predicted molar refractivity (Wildman–Crippen MR) is 88.7 cm³/mol. The van der Waals surface area contributed by atoms with E-state index < -0.39 is 0 Å². The molecule has 1 aliphatic heterocycles. The molecule has 8 heteroatoms. The highest BCUT2D eigenvalue weighted by atomic mass is 32.2. The molecule has 0 radical (unpaired) electrons. The van der Waals surface area contributed by atoms with Gasteiger partial charge in [0.2, 0.25) is 11.1 Å². The number of nitrogens with one attached hydrogen (secondary N) is 1. The second-order valence-electron chi connectivity index (χ2n) is 6.27. The van der Waals surface area contributed by atoms with Gasteiger partial charge in [0.15, 0.2) is 5.82 Å². The first-order chi connectivity index (χ1) is 11.2. The van der Waals surface area contributed by atoms with Gasteiger partial charge in [0.25, 0.3) is 0 Å². The maximum absolute atomic E-state index is 11.9. The van der Waals surface area contributed by atoms with Gasteiger partial charge in [-0.2, -0.15) is 0 Å². The number of hydrogen-bond acceptors (Lipinski definition) is 6. The van der Waals surface area contributed by atoms with Crippen LogP contribution in [0.4, 0.5) is 0 Å². The molecule has 0 bridgehead atoms. The molecule has 2 heterocycles. The zero-order valence-electron chi connectivity index (χ0n) is 13.4. The number of ether oxygens (including phenoxy) is 1. The Morgan fingerprint density at radius 1 is 1.26 bits per heavy atom. The third kappa shape index (κ3) is 4.38. The Balaban J connectivity index is 1.46. The molecule has 1 aliphatic carbocycles. The molecule has 1 amide bonds. The van der Waals surface area contributed by atoms with E-state index in [0.717, 1.165) is 38.1 Å². The Labute approximate surface area is 140 Å². The van der Waals surface area contributed by atoms with Gasteiger partial charge >= 0.3 is 0 Å². The lowest BCUT2D eigenvalue weighted by Gasteiger charge is -2.20. The molecular formula is C15H25N5O2S. The van der Waals surface area contributed by atoms with E-state index in [4.69, 9.17) is 10.6 Å². The van der Waals surface area contributed by atoms with Crippen LogP contribution in [0, 0.1) is 0 Å². The summed E-state index contributed by atoms with van der Waals surface area (Å²) in [7, 11) is 0. The molecule has 0 unspecified atom stereocenters. The second-order valence-corrected chi connectivity index (χ2v) is 7.22. The molecule has 1 saturated carbocycles. The predicted octanol–water partition coefficient (Wildman–Crippen LogP) is 1.43. The minimum Gasteiger partial charge on any atom is -0.376 e. The van der Waals surface area contributed by atoms with E-state index in [1.807, 2.05) is 0 Å². The van der Waals surface area contributed by atoms with Crippen molar-refractivity contribution < 1.29 is 9.53 Å². The van der Waals surface area contributed by atoms with Crippen LogP contribution in [0.15, 0.2) is 5.16 Å². The Kier molecular flexibility index (Phi) is 5.77. The minimum absolute atomic E-state index is 0.0206. The molecule has 2 fully saturated rings. The zero-order chi connectivity index (χ0) is 16.1. The summed E-state index contributed by atoms with van der Waals surface area (Å²) in [6.07, 6.45) is 8.27. The van der Waals surface area contributed by atoms with Gasteiger partial charge in [-0.25, -0.2) is 4.68 Å². The van der Waals surface area contributed by atoms with Gasteiger partial charge < -0.3 is 15.9 Å². The molecule has 1 atom stereocenters. The lowest BCUT2D eigenvalue weighted by atomic mass is 9.89. The van der Waals surface area contributed by atoms with Crippen molar-refractivity contribution in [3.8, 4) is 0 Å². The van der Waals surface area contributed by atoms with Crippen LogP contribution in [-0.4, -0.2) is 45.8 Å². The first-order valence-electron chi connectivity index (χ1n) is 8.45. The quantitative estimate of drug-likeness (QED) is 0.601. The van der Waals surface area contributed by atoms with Crippen molar-refractivity contribution in [3.63, 3.8) is 0 Å². The van der Waals surface area contributed by atoms with Gasteiger partial charge in [-0.3, -0.25) is 4.79 Å². The van der Waals surface area contributed by atoms with E-state index in [1.165, 1.54) is 31.0 Å². The number of carbonyl (C=O) groups excluding carboxylic acids is 1. The maximum Gasteiger partial charge on any atom is 0.230 e. The van der Waals surface area contributed by atoms with Crippen LogP contribution in [0.1, 0.15) is 56.7 Å². The van der Waals surface area contributed by atoms with Crippen molar-refractivity contribution in [2.45, 2.75) is 62.1 Å². The monoisotopic (exact) mass is 339 g/mol. The van der Waals surface area contributed by atoms with Gasteiger partial charge in [-0.1, -0.05) is 31.0 Å². The minimum atomic E-state index is -0.0206. The fourth-order valence-electron chi connectivity index (χ4n) is 3.24. The average Bonchev–Trinajstić information content (AvgIpc) is 3.22. The highest BCUT2D eigenvalue weighted by Crippen LogP contribution is 2.32. The average molecular weight is 339 g/mol. The van der Waals surface area contributed by atoms with Gasteiger partial charge in [0.1, 0.15) is 0 Å². The van der Waals surface area contributed by atoms with Crippen molar-refractivity contribution >= 4 is 17.7 Å². The first-order valence-corrected chi connectivity index (χ1v) is 9.44. The fraction of sp³-hybridized carbons (Fsp3) is 0.800. The highest BCUT2D eigenvalue weighted by Gasteiger charge is 2.23. The Morgan fingerprint density at radius 2 is 2.09 bits per heavy atom. The lowest BCUT2D eigenvalue weighted by Crippen LogP contribution is -2.33. The molecule has 0 spiro atoms. The summed E-state index contributed by atoms with van der Waals surface area (Å²) in [6.45, 7) is 1.39. The Morgan fingerprint density at radius 3 is 2.83 bits per heavy atom. The van der Waals surface area contributed by atoms with Crippen molar-refractivity contribution in [2.75, 3.05) is 24.7 Å². The van der Waals surface area contributed by atoms with Crippen LogP contribution >= 0.6 is 11.8 Å². The molecule has 0 aromatic carbocycles. The summed E-state index contributed by atoms with van der Waals surface area (Å²) >= 11 is 1.33. The van der Waals surface area contributed by atoms with Crippen molar-refractivity contribution in [1.82, 2.24) is 20.2 Å². The molecular weight excluding hydrogens is 314 g/mol. The van der Waals surface area contributed by atoms with E-state index in [9.17, 15) is 4.79 Å². The molecule has 3 N–H and O–H groups in total. The molecule has 128 valence electrons. The molecule has 1 saturated heterocycles. The second kappa shape index (κ2) is 8.01. The van der Waals surface area contributed by atoms with Crippen LogP contribution in [-0.2, 0) is 9.53 Å². The number of nitrogens with two attached hydrogens (primary N) is 1. The summed E-state index contributed by atoms with van der Waals surface area (Å²) in [5, 5.41) is 11.9. The zero-order valence-corrected chi connectivity index (χ0v) is 14.2. The molecule has 7 nitrogen and oxygen atoms in total. The van der Waals surface area contributed by atoms with Gasteiger partial charge in [0, 0.05) is 19.1 Å². The number of amides is 1. The number of carbonyl (C=O) groups is 1. The van der Waals surface area contributed by atoms with E-state index in [-0.39, 0.29) is 12.0 Å². The third-order valence-electron chi connectivity index (χ3n) is 4.54. The molecule has 3 rings (SSSR count). The van der Waals surface area contributed by atoms with Crippen molar-refractivity contribution in [1.29, 1.82) is 0 Å². The summed E-state index contributed by atoms with van der Waals surface area (Å²) in [5.41, 5.74) is 0. The van der Waals surface area contributed by atoms with Gasteiger partial charge in [0.05, 0.1) is 11.9 Å². The fourth-order valence-corrected chi connectivity index (χ4v) is 3.93. The van der Waals surface area contributed by atoms with Crippen LogP contribution in [0.2, 0.25) is 0 Å². The number of aromatic nitrogens is 3. The van der Waals surface area contributed by atoms with Crippen LogP contribution in [0.5, 0.6) is 0 Å². The molecule has 2 aliphatic rings. The number of thioether (sulfide) groups is 1. The highest BCUT2D eigenvalue weighted by molar-refractivity contribution is 7.99. The van der Waals surface area contributed by atoms with E-state index in [2.05, 4.69) is 15.5 Å². The van der Waals surface area contributed by atoms with Crippen LogP contribution < -0.4 is 11.2 Å². The molecule has 1 aromatic heterocycles. The summed E-state index contributed by atoms with van der Waals surface area (Å²) in [6, 6.07) is 0. The van der Waals surface area contributed by atoms with Crippen LogP contribution in [0.3, 0.4) is 0 Å². The SMILES string of the molecule is Nn1c(SCC(=O)NC[C@H]2CCCO2)nnc1C1CCCCC1. The Bertz CT molecular complexity index is 524. The smallest absolute Gasteiger partial charge is 0.230 e. The number of hydrogen-bond donors (Lipinski definition) is 2. The van der Waals surface area contributed by atoms with E-state index in [1.54, 1.807) is 4.68 Å². The molecule has 1 aromatic rings. The molecule has 23 heavy (non-hydrogen) atoms. The first kappa shape index (κ1) is 16.6. The standard InChI is InChI=1S/C15H25N5O2S/c16-20-14(11-5-2-1-3-6-11)18-19-15(20)23-10-13(21)17-9-12-7-4-8-22-12/h11-12H,1-10,16H2,(H,17,21)/t12-/m1/s1. The summed E-state index contributed by atoms with van der Waals surface area (Å²) < 4.78 is 7.05. The third-order valence-corrected chi connectivity index (χ3v) is 5.49. The van der Waals surface area contributed by atoms with Crippen molar-refractivity contribution in [3.05, 3.63) is 5.82 Å². The number of nitrogens with zero attached hydrogens (tertiary/aromatic N) is 3.